The first-order chi connectivity index (χ1) is 11.7. The van der Waals surface area contributed by atoms with E-state index in [-0.39, 0.29) is 5.91 Å². The van der Waals surface area contributed by atoms with E-state index < -0.39 is 0 Å². The highest BCUT2D eigenvalue weighted by Crippen LogP contribution is 2.20. The van der Waals surface area contributed by atoms with Gasteiger partial charge in [0.05, 0.1) is 11.6 Å². The number of pyridine rings is 1. The molecule has 5 heteroatoms. The topological polar surface area (TPSA) is 56.7 Å². The monoisotopic (exact) mass is 328 g/mol. The summed E-state index contributed by atoms with van der Waals surface area (Å²) in [6, 6.07) is 7.74. The van der Waals surface area contributed by atoms with Crippen LogP contribution in [0.15, 0.2) is 39.9 Å². The van der Waals surface area contributed by atoms with Gasteiger partial charge in [0.1, 0.15) is 23.6 Å². The molecule has 1 saturated carbocycles. The molecule has 0 N–H and O–H groups in total. The lowest BCUT2D eigenvalue weighted by atomic mass is 9.96. The molecular formula is C19H24N2O3. The van der Waals surface area contributed by atoms with Crippen LogP contribution in [0.4, 0.5) is 0 Å². The first kappa shape index (κ1) is 16.7. The van der Waals surface area contributed by atoms with Crippen LogP contribution in [-0.4, -0.2) is 23.6 Å². The van der Waals surface area contributed by atoms with Gasteiger partial charge in [-0.2, -0.15) is 0 Å². The zero-order valence-electron chi connectivity index (χ0n) is 14.3. The van der Waals surface area contributed by atoms with E-state index in [0.29, 0.717) is 35.2 Å². The summed E-state index contributed by atoms with van der Waals surface area (Å²) >= 11 is 0. The molecule has 0 saturated heterocycles. The van der Waals surface area contributed by atoms with Crippen molar-refractivity contribution in [2.24, 2.45) is 4.99 Å². The van der Waals surface area contributed by atoms with Gasteiger partial charge >= 0.3 is 0 Å². The number of aromatic nitrogens is 1. The minimum Gasteiger partial charge on any atom is -0.463 e. The molecule has 2 aromatic rings. The molecule has 0 bridgehead atoms. The molecule has 0 unspecified atom stereocenters. The molecule has 0 aliphatic heterocycles. The van der Waals surface area contributed by atoms with Crippen LogP contribution >= 0.6 is 0 Å². The van der Waals surface area contributed by atoms with Gasteiger partial charge in [-0.05, 0) is 38.0 Å². The van der Waals surface area contributed by atoms with Crippen molar-refractivity contribution in [3.63, 3.8) is 0 Å². The maximum absolute atomic E-state index is 12.9. The third kappa shape index (κ3) is 3.67. The van der Waals surface area contributed by atoms with Gasteiger partial charge in [0.15, 0.2) is 0 Å². The Morgan fingerprint density at radius 3 is 2.88 bits per heavy atom. The molecular weight excluding hydrogens is 304 g/mol. The Labute approximate surface area is 142 Å². The van der Waals surface area contributed by atoms with E-state index in [1.54, 1.807) is 30.9 Å². The average molecular weight is 328 g/mol. The lowest BCUT2D eigenvalue weighted by Crippen LogP contribution is -2.29. The molecule has 2 heterocycles. The summed E-state index contributed by atoms with van der Waals surface area (Å²) in [6.45, 7) is 2.15. The van der Waals surface area contributed by atoms with Gasteiger partial charge in [-0.25, -0.2) is 0 Å². The van der Waals surface area contributed by atoms with Gasteiger partial charge in [-0.1, -0.05) is 25.3 Å². The SMILES string of the molecule is COCc1cc(C(=O)n2ccccc2=NC2CCCCC2)c(C)o1. The molecule has 3 rings (SSSR count). The summed E-state index contributed by atoms with van der Waals surface area (Å²) in [5.74, 6) is 1.14. The van der Waals surface area contributed by atoms with Crippen molar-refractivity contribution < 1.29 is 13.9 Å². The van der Waals surface area contributed by atoms with Crippen molar-refractivity contribution in [3.05, 3.63) is 53.0 Å². The largest absolute Gasteiger partial charge is 0.463 e. The Kier molecular flexibility index (Phi) is 5.30. The van der Waals surface area contributed by atoms with Gasteiger partial charge in [0.25, 0.3) is 5.91 Å². The van der Waals surface area contributed by atoms with Gasteiger partial charge in [0.2, 0.25) is 0 Å². The van der Waals surface area contributed by atoms with Crippen molar-refractivity contribution in [3.8, 4) is 0 Å². The standard InChI is InChI=1S/C19H24N2O3/c1-14-17(12-16(24-14)13-23-2)19(22)21-11-7-6-10-18(21)20-15-8-4-3-5-9-15/h6-7,10-12,15H,3-5,8-9,13H2,1-2H3. The highest BCUT2D eigenvalue weighted by molar-refractivity contribution is 5.96. The Bertz CT molecular complexity index is 767. The van der Waals surface area contributed by atoms with Gasteiger partial charge in [0, 0.05) is 13.3 Å². The fraction of sp³-hybridized carbons (Fsp3) is 0.474. The molecule has 1 aliphatic rings. The zero-order valence-corrected chi connectivity index (χ0v) is 14.3. The van der Waals surface area contributed by atoms with E-state index in [0.717, 1.165) is 12.8 Å². The van der Waals surface area contributed by atoms with Crippen LogP contribution in [0, 0.1) is 6.92 Å². The highest BCUT2D eigenvalue weighted by atomic mass is 16.5. The molecule has 0 atom stereocenters. The summed E-state index contributed by atoms with van der Waals surface area (Å²) in [7, 11) is 1.60. The van der Waals surface area contributed by atoms with Gasteiger partial charge in [-0.3, -0.25) is 14.4 Å². The van der Waals surface area contributed by atoms with Crippen LogP contribution in [0.3, 0.4) is 0 Å². The van der Waals surface area contributed by atoms with Gasteiger partial charge < -0.3 is 9.15 Å². The van der Waals surface area contributed by atoms with Crippen molar-refractivity contribution in [2.75, 3.05) is 7.11 Å². The molecule has 0 spiro atoms. The van der Waals surface area contributed by atoms with E-state index in [1.807, 2.05) is 18.2 Å². The molecule has 1 fully saturated rings. The fourth-order valence-corrected chi connectivity index (χ4v) is 3.21. The molecule has 0 amide bonds. The van der Waals surface area contributed by atoms with E-state index in [1.165, 1.54) is 19.3 Å². The summed E-state index contributed by atoms with van der Waals surface area (Å²) in [5.41, 5.74) is 1.27. The van der Waals surface area contributed by atoms with Crippen molar-refractivity contribution >= 4 is 5.91 Å². The maximum Gasteiger partial charge on any atom is 0.267 e. The van der Waals surface area contributed by atoms with Crippen molar-refractivity contribution in [2.45, 2.75) is 51.7 Å². The minimum atomic E-state index is -0.117. The molecule has 2 aromatic heterocycles. The number of rotatable bonds is 4. The number of hydrogen-bond donors (Lipinski definition) is 0. The second-order valence-electron chi connectivity index (χ2n) is 6.27. The van der Waals surface area contributed by atoms with Crippen LogP contribution < -0.4 is 5.49 Å². The Hall–Kier alpha value is -2.14. The smallest absolute Gasteiger partial charge is 0.267 e. The third-order valence-corrected chi connectivity index (χ3v) is 4.43. The molecule has 128 valence electrons. The predicted octanol–water partition coefficient (Wildman–Crippen LogP) is 3.46. The zero-order chi connectivity index (χ0) is 16.9. The Morgan fingerprint density at radius 2 is 2.12 bits per heavy atom. The van der Waals surface area contributed by atoms with Crippen LogP contribution in [0.1, 0.15) is 54.0 Å². The molecule has 1 aliphatic carbocycles. The Balaban J connectivity index is 1.94. The quantitative estimate of drug-likeness (QED) is 0.863. The molecule has 0 aromatic carbocycles. The first-order valence-electron chi connectivity index (χ1n) is 8.53. The lowest BCUT2D eigenvalue weighted by Gasteiger charge is -2.17. The predicted molar refractivity (Wildman–Crippen MR) is 90.8 cm³/mol. The van der Waals surface area contributed by atoms with Crippen LogP contribution in [0.2, 0.25) is 0 Å². The highest BCUT2D eigenvalue weighted by Gasteiger charge is 2.18. The average Bonchev–Trinajstić information content (AvgIpc) is 2.96. The number of carbonyl (C=O) groups excluding carboxylic acids is 1. The fourth-order valence-electron chi connectivity index (χ4n) is 3.21. The number of hydrogen-bond acceptors (Lipinski definition) is 4. The van der Waals surface area contributed by atoms with Crippen LogP contribution in [-0.2, 0) is 11.3 Å². The van der Waals surface area contributed by atoms with Crippen molar-refractivity contribution in [1.29, 1.82) is 0 Å². The first-order valence-corrected chi connectivity index (χ1v) is 8.53. The maximum atomic E-state index is 12.9. The van der Waals surface area contributed by atoms with E-state index in [4.69, 9.17) is 14.1 Å². The number of aryl methyl sites for hydroxylation is 1. The normalized spacial score (nSPS) is 16.5. The van der Waals surface area contributed by atoms with Gasteiger partial charge in [-0.15, -0.1) is 0 Å². The van der Waals surface area contributed by atoms with Crippen LogP contribution in [0.5, 0.6) is 0 Å². The Morgan fingerprint density at radius 1 is 1.33 bits per heavy atom. The number of furan rings is 1. The summed E-state index contributed by atoms with van der Waals surface area (Å²) in [6.07, 6.45) is 7.70. The number of ether oxygens (including phenoxy) is 1. The summed E-state index contributed by atoms with van der Waals surface area (Å²) in [4.78, 5) is 17.8. The number of nitrogens with zero attached hydrogens (tertiary/aromatic N) is 2. The van der Waals surface area contributed by atoms with Crippen molar-refractivity contribution in [1.82, 2.24) is 4.57 Å². The second-order valence-corrected chi connectivity index (χ2v) is 6.27. The van der Waals surface area contributed by atoms with E-state index in [2.05, 4.69) is 0 Å². The number of methoxy groups -OCH3 is 1. The third-order valence-electron chi connectivity index (χ3n) is 4.43. The van der Waals surface area contributed by atoms with Crippen LogP contribution in [0.25, 0.3) is 0 Å². The molecule has 0 radical (unpaired) electrons. The van der Waals surface area contributed by atoms with E-state index >= 15 is 0 Å². The summed E-state index contributed by atoms with van der Waals surface area (Å²) in [5, 5.41) is 0. The second kappa shape index (κ2) is 7.62. The summed E-state index contributed by atoms with van der Waals surface area (Å²) < 4.78 is 12.3. The molecule has 5 nitrogen and oxygen atoms in total. The minimum absolute atomic E-state index is 0.117. The number of carbonyl (C=O) groups is 1. The lowest BCUT2D eigenvalue weighted by molar-refractivity contribution is 0.0953. The van der Waals surface area contributed by atoms with E-state index in [9.17, 15) is 4.79 Å². The molecule has 24 heavy (non-hydrogen) atoms.